The summed E-state index contributed by atoms with van der Waals surface area (Å²) in [6.45, 7) is 6.62. The summed E-state index contributed by atoms with van der Waals surface area (Å²) >= 11 is 0. The van der Waals surface area contributed by atoms with Gasteiger partial charge in [-0.1, -0.05) is 24.3 Å². The minimum absolute atomic E-state index is 0.107. The molecule has 1 aliphatic carbocycles. The Morgan fingerprint density at radius 2 is 1.63 bits per heavy atom. The molecule has 140 valence electrons. The number of benzene rings is 2. The fourth-order valence-electron chi connectivity index (χ4n) is 3.79. The van der Waals surface area contributed by atoms with Crippen LogP contribution in [0.1, 0.15) is 45.7 Å². The molecule has 6 heteroatoms. The number of nitrogens with two attached hydrogens (primary N) is 1. The molecule has 0 aromatic heterocycles. The van der Waals surface area contributed by atoms with Gasteiger partial charge in [0.1, 0.15) is 0 Å². The van der Waals surface area contributed by atoms with Crippen LogP contribution >= 0.6 is 0 Å². The van der Waals surface area contributed by atoms with E-state index in [-0.39, 0.29) is 17.6 Å². The van der Waals surface area contributed by atoms with Crippen molar-refractivity contribution in [1.29, 1.82) is 0 Å². The molecule has 1 fully saturated rings. The maximum Gasteiger partial charge on any atom is 0.196 e. The normalized spacial score (nSPS) is 16.3. The van der Waals surface area contributed by atoms with E-state index in [4.69, 9.17) is 10.5 Å². The number of nitrogens with zero attached hydrogens (tertiary/aromatic N) is 1. The van der Waals surface area contributed by atoms with Crippen molar-refractivity contribution in [3.8, 4) is 0 Å². The van der Waals surface area contributed by atoms with Crippen molar-refractivity contribution in [3.05, 3.63) is 52.6 Å². The van der Waals surface area contributed by atoms with E-state index in [0.717, 1.165) is 5.69 Å². The molecule has 1 saturated heterocycles. The number of ether oxygens (including phenoxy) is 1. The molecule has 0 atom stereocenters. The second-order valence-corrected chi connectivity index (χ2v) is 7.21. The lowest BCUT2D eigenvalue weighted by molar-refractivity contribution is 0.0980. The summed E-state index contributed by atoms with van der Waals surface area (Å²) in [5, 5.41) is 3.33. The summed E-state index contributed by atoms with van der Waals surface area (Å²) in [4.78, 5) is 28.6. The molecule has 4 rings (SSSR count). The van der Waals surface area contributed by atoms with Crippen LogP contribution in [-0.4, -0.2) is 43.9 Å². The first-order valence-electron chi connectivity index (χ1n) is 9.23. The quantitative estimate of drug-likeness (QED) is 0.694. The lowest BCUT2D eigenvalue weighted by atomic mass is 9.81. The van der Waals surface area contributed by atoms with Crippen molar-refractivity contribution >= 4 is 28.6 Å². The highest BCUT2D eigenvalue weighted by Gasteiger charge is 2.35. The van der Waals surface area contributed by atoms with Gasteiger partial charge in [-0.3, -0.25) is 9.59 Å². The van der Waals surface area contributed by atoms with Crippen LogP contribution in [0.5, 0.6) is 0 Å². The molecule has 2 aliphatic rings. The molecule has 0 saturated carbocycles. The highest BCUT2D eigenvalue weighted by Crippen LogP contribution is 2.41. The summed E-state index contributed by atoms with van der Waals surface area (Å²) in [6.07, 6.45) is 0. The fourth-order valence-corrected chi connectivity index (χ4v) is 3.79. The molecular formula is C21H23N3O3. The topological polar surface area (TPSA) is 84.7 Å². The number of nitrogen functional groups attached to an aromatic ring is 1. The number of fused-ring (bicyclic) bond motifs is 2. The number of hydrogen-bond acceptors (Lipinski definition) is 6. The number of rotatable bonds is 3. The van der Waals surface area contributed by atoms with Crippen molar-refractivity contribution in [2.24, 2.45) is 0 Å². The summed E-state index contributed by atoms with van der Waals surface area (Å²) in [5.74, 6) is -0.358. The average Bonchev–Trinajstić information content (AvgIpc) is 2.67. The molecule has 0 radical (unpaired) electrons. The third-order valence-corrected chi connectivity index (χ3v) is 5.01. The Balaban J connectivity index is 1.95. The van der Waals surface area contributed by atoms with Crippen LogP contribution < -0.4 is 16.0 Å². The van der Waals surface area contributed by atoms with Gasteiger partial charge in [-0.15, -0.1) is 0 Å². The molecule has 3 N–H and O–H groups in total. The predicted octanol–water partition coefficient (Wildman–Crippen LogP) is 2.70. The van der Waals surface area contributed by atoms with Crippen molar-refractivity contribution in [3.63, 3.8) is 0 Å². The molecule has 1 aliphatic heterocycles. The van der Waals surface area contributed by atoms with E-state index in [0.29, 0.717) is 59.9 Å². The second kappa shape index (κ2) is 6.70. The molecule has 1 heterocycles. The number of ketones is 2. The Bertz CT molecular complexity index is 931. The lowest BCUT2D eigenvalue weighted by Gasteiger charge is -2.33. The van der Waals surface area contributed by atoms with Crippen molar-refractivity contribution < 1.29 is 14.3 Å². The van der Waals surface area contributed by atoms with E-state index in [1.54, 1.807) is 24.3 Å². The standard InChI is InChI=1S/C21H23N3O3/c1-12(2)23-15-11-16(24-7-9-27-10-8-24)19(22)18-17(15)20(25)13-5-3-4-6-14(13)21(18)26/h3-6,11-12,23H,7-10,22H2,1-2H3. The van der Waals surface area contributed by atoms with Crippen LogP contribution in [0.15, 0.2) is 30.3 Å². The van der Waals surface area contributed by atoms with E-state index >= 15 is 0 Å². The van der Waals surface area contributed by atoms with Crippen molar-refractivity contribution in [2.45, 2.75) is 19.9 Å². The van der Waals surface area contributed by atoms with Gasteiger partial charge in [0.2, 0.25) is 0 Å². The lowest BCUT2D eigenvalue weighted by Crippen LogP contribution is -2.37. The average molecular weight is 365 g/mol. The summed E-state index contributed by atoms with van der Waals surface area (Å²) in [7, 11) is 0. The predicted molar refractivity (Wildman–Crippen MR) is 106 cm³/mol. The highest BCUT2D eigenvalue weighted by atomic mass is 16.5. The zero-order chi connectivity index (χ0) is 19.1. The van der Waals surface area contributed by atoms with E-state index in [9.17, 15) is 9.59 Å². The van der Waals surface area contributed by atoms with E-state index in [2.05, 4.69) is 10.2 Å². The number of morpholine rings is 1. The first kappa shape index (κ1) is 17.5. The SMILES string of the molecule is CC(C)Nc1cc(N2CCOCC2)c(N)c2c1C(=O)c1ccccc1C2=O. The molecule has 0 bridgehead atoms. The monoisotopic (exact) mass is 365 g/mol. The van der Waals surface area contributed by atoms with Crippen LogP contribution in [0.3, 0.4) is 0 Å². The van der Waals surface area contributed by atoms with E-state index < -0.39 is 0 Å². The Morgan fingerprint density at radius 3 is 2.22 bits per heavy atom. The summed E-state index contributed by atoms with van der Waals surface area (Å²) in [5.41, 5.74) is 9.80. The van der Waals surface area contributed by atoms with Crippen LogP contribution in [0.2, 0.25) is 0 Å². The van der Waals surface area contributed by atoms with Gasteiger partial charge in [-0.25, -0.2) is 0 Å². The molecule has 6 nitrogen and oxygen atoms in total. The Labute approximate surface area is 158 Å². The first-order valence-corrected chi connectivity index (χ1v) is 9.23. The smallest absolute Gasteiger partial charge is 0.196 e. The van der Waals surface area contributed by atoms with Crippen molar-refractivity contribution in [1.82, 2.24) is 0 Å². The van der Waals surface area contributed by atoms with Crippen LogP contribution in [0, 0.1) is 0 Å². The van der Waals surface area contributed by atoms with Gasteiger partial charge in [0.15, 0.2) is 11.6 Å². The minimum Gasteiger partial charge on any atom is -0.396 e. The number of carbonyl (C=O) groups excluding carboxylic acids is 2. The maximum absolute atomic E-state index is 13.2. The number of hydrogen-bond donors (Lipinski definition) is 2. The zero-order valence-electron chi connectivity index (χ0n) is 15.5. The Kier molecular flexibility index (Phi) is 4.36. The van der Waals surface area contributed by atoms with E-state index in [1.165, 1.54) is 0 Å². The van der Waals surface area contributed by atoms with Gasteiger partial charge in [0.05, 0.1) is 35.7 Å². The zero-order valence-corrected chi connectivity index (χ0v) is 15.5. The Morgan fingerprint density at radius 1 is 1.04 bits per heavy atom. The highest BCUT2D eigenvalue weighted by molar-refractivity contribution is 6.32. The molecule has 0 unspecified atom stereocenters. The fraction of sp³-hybridized carbons (Fsp3) is 0.333. The molecule has 0 spiro atoms. The van der Waals surface area contributed by atoms with Crippen molar-refractivity contribution in [2.75, 3.05) is 42.3 Å². The number of anilines is 3. The van der Waals surface area contributed by atoms with Gasteiger partial charge >= 0.3 is 0 Å². The maximum atomic E-state index is 13.2. The van der Waals surface area contributed by atoms with Crippen LogP contribution in [0.25, 0.3) is 0 Å². The van der Waals surface area contributed by atoms with Crippen LogP contribution in [-0.2, 0) is 4.74 Å². The van der Waals surface area contributed by atoms with Gasteiger partial charge < -0.3 is 20.7 Å². The number of nitrogens with one attached hydrogen (secondary N) is 1. The minimum atomic E-state index is -0.195. The second-order valence-electron chi connectivity index (χ2n) is 7.21. The van der Waals surface area contributed by atoms with Gasteiger partial charge in [-0.2, -0.15) is 0 Å². The molecular weight excluding hydrogens is 342 g/mol. The van der Waals surface area contributed by atoms with Gasteiger partial charge in [-0.05, 0) is 19.9 Å². The summed E-state index contributed by atoms with van der Waals surface area (Å²) < 4.78 is 5.43. The van der Waals surface area contributed by atoms with Crippen LogP contribution in [0.4, 0.5) is 17.1 Å². The van der Waals surface area contributed by atoms with Gasteiger partial charge in [0, 0.05) is 35.9 Å². The molecule has 27 heavy (non-hydrogen) atoms. The Hall–Kier alpha value is -2.86. The van der Waals surface area contributed by atoms with E-state index in [1.807, 2.05) is 19.9 Å². The first-order chi connectivity index (χ1) is 13.0. The molecule has 2 aromatic rings. The largest absolute Gasteiger partial charge is 0.396 e. The third-order valence-electron chi connectivity index (χ3n) is 5.01. The molecule has 0 amide bonds. The summed E-state index contributed by atoms with van der Waals surface area (Å²) in [6, 6.07) is 8.94. The van der Waals surface area contributed by atoms with Gasteiger partial charge in [0.25, 0.3) is 0 Å². The molecule has 2 aromatic carbocycles. The third kappa shape index (κ3) is 2.86. The number of carbonyl (C=O) groups is 2.